The minimum Gasteiger partial charge on any atom is -0.306 e. The van der Waals surface area contributed by atoms with Crippen molar-refractivity contribution in [3.8, 4) is 0 Å². The second-order valence-electron chi connectivity index (χ2n) is 7.01. The Morgan fingerprint density at radius 3 is 2.70 bits per heavy atom. The van der Waals surface area contributed by atoms with E-state index in [0.717, 1.165) is 42.6 Å². The molecule has 23 heavy (non-hydrogen) atoms. The minimum absolute atomic E-state index is 0.0236. The lowest BCUT2D eigenvalue weighted by molar-refractivity contribution is -0.143. The van der Waals surface area contributed by atoms with Crippen molar-refractivity contribution in [3.05, 3.63) is 35.8 Å². The van der Waals surface area contributed by atoms with Crippen LogP contribution in [0.3, 0.4) is 0 Å². The van der Waals surface area contributed by atoms with Crippen molar-refractivity contribution >= 4 is 17.5 Å². The summed E-state index contributed by atoms with van der Waals surface area (Å²) in [6.45, 7) is 2.32. The zero-order valence-corrected chi connectivity index (χ0v) is 13.4. The number of imide groups is 1. The summed E-state index contributed by atoms with van der Waals surface area (Å²) >= 11 is 0. The predicted octanol–water partition coefficient (Wildman–Crippen LogP) is 2.85. The Balaban J connectivity index is 1.59. The lowest BCUT2D eigenvalue weighted by Gasteiger charge is -2.30. The third kappa shape index (κ3) is 2.35. The number of amides is 2. The summed E-state index contributed by atoms with van der Waals surface area (Å²) in [5.74, 6) is -0.0134. The molecule has 3 heterocycles. The number of imidazole rings is 1. The maximum absolute atomic E-state index is 12.8. The van der Waals surface area contributed by atoms with Gasteiger partial charge in [-0.3, -0.25) is 14.5 Å². The molecule has 2 aromatic heterocycles. The molecule has 2 aliphatic rings. The van der Waals surface area contributed by atoms with Crippen LogP contribution in [0, 0.1) is 12.3 Å². The second-order valence-corrected chi connectivity index (χ2v) is 7.01. The summed E-state index contributed by atoms with van der Waals surface area (Å²) in [6.07, 6.45) is 9.31. The van der Waals surface area contributed by atoms with E-state index in [0.29, 0.717) is 13.0 Å². The molecule has 4 rings (SSSR count). The number of nitrogens with zero attached hydrogens (tertiary/aromatic N) is 3. The number of pyridine rings is 1. The van der Waals surface area contributed by atoms with Crippen LogP contribution in [0.5, 0.6) is 0 Å². The number of carbonyl (C=O) groups is 2. The largest absolute Gasteiger partial charge is 0.306 e. The van der Waals surface area contributed by atoms with Gasteiger partial charge in [-0.05, 0) is 31.4 Å². The molecule has 0 N–H and O–H groups in total. The summed E-state index contributed by atoms with van der Waals surface area (Å²) in [5, 5.41) is 0. The van der Waals surface area contributed by atoms with Gasteiger partial charge in [-0.25, -0.2) is 4.98 Å². The first kappa shape index (κ1) is 14.4. The molecule has 5 nitrogen and oxygen atoms in total. The van der Waals surface area contributed by atoms with E-state index in [9.17, 15) is 9.59 Å². The molecule has 5 heteroatoms. The second kappa shape index (κ2) is 5.18. The van der Waals surface area contributed by atoms with Crippen molar-refractivity contribution in [1.82, 2.24) is 14.3 Å². The highest BCUT2D eigenvalue weighted by Gasteiger charge is 2.51. The van der Waals surface area contributed by atoms with Crippen molar-refractivity contribution < 1.29 is 9.59 Å². The van der Waals surface area contributed by atoms with E-state index in [1.54, 1.807) is 0 Å². The van der Waals surface area contributed by atoms with Crippen LogP contribution >= 0.6 is 0 Å². The first-order valence-corrected chi connectivity index (χ1v) is 8.36. The molecule has 1 aliphatic heterocycles. The SMILES string of the molecule is Cc1ccc2nc(CN3C(=O)CC4(CCCCC4)C3=O)cn2c1. The van der Waals surface area contributed by atoms with E-state index < -0.39 is 5.41 Å². The Morgan fingerprint density at radius 2 is 1.91 bits per heavy atom. The van der Waals surface area contributed by atoms with Gasteiger partial charge in [0.2, 0.25) is 11.8 Å². The van der Waals surface area contributed by atoms with E-state index in [-0.39, 0.29) is 11.8 Å². The molecule has 0 bridgehead atoms. The topological polar surface area (TPSA) is 54.7 Å². The molecule has 1 saturated carbocycles. The first-order valence-electron chi connectivity index (χ1n) is 8.36. The molecule has 0 radical (unpaired) electrons. The fraction of sp³-hybridized carbons (Fsp3) is 0.500. The van der Waals surface area contributed by atoms with Gasteiger partial charge >= 0.3 is 0 Å². The highest BCUT2D eigenvalue weighted by atomic mass is 16.2. The zero-order chi connectivity index (χ0) is 16.0. The van der Waals surface area contributed by atoms with Gasteiger partial charge in [0.1, 0.15) is 5.65 Å². The molecule has 1 spiro atoms. The van der Waals surface area contributed by atoms with Gasteiger partial charge in [0.05, 0.1) is 17.7 Å². The van der Waals surface area contributed by atoms with Crippen LogP contribution in [-0.2, 0) is 16.1 Å². The average Bonchev–Trinajstić information content (AvgIpc) is 3.02. The zero-order valence-electron chi connectivity index (χ0n) is 13.4. The smallest absolute Gasteiger partial charge is 0.236 e. The maximum atomic E-state index is 12.8. The van der Waals surface area contributed by atoms with Crippen LogP contribution < -0.4 is 0 Å². The molecule has 0 aromatic carbocycles. The van der Waals surface area contributed by atoms with Gasteiger partial charge < -0.3 is 4.40 Å². The molecule has 2 amide bonds. The lowest BCUT2D eigenvalue weighted by atomic mass is 9.73. The number of carbonyl (C=O) groups excluding carboxylic acids is 2. The fourth-order valence-corrected chi connectivity index (χ4v) is 4.03. The number of aromatic nitrogens is 2. The van der Waals surface area contributed by atoms with E-state index in [1.165, 1.54) is 11.3 Å². The van der Waals surface area contributed by atoms with Crippen LogP contribution in [-0.4, -0.2) is 26.1 Å². The summed E-state index contributed by atoms with van der Waals surface area (Å²) in [4.78, 5) is 31.2. The monoisotopic (exact) mass is 311 g/mol. The third-order valence-corrected chi connectivity index (χ3v) is 5.27. The van der Waals surface area contributed by atoms with Gasteiger partial charge in [-0.15, -0.1) is 0 Å². The Labute approximate surface area is 135 Å². The highest BCUT2D eigenvalue weighted by molar-refractivity contribution is 6.05. The van der Waals surface area contributed by atoms with Gasteiger partial charge in [-0.1, -0.05) is 25.3 Å². The minimum atomic E-state index is -0.412. The summed E-state index contributed by atoms with van der Waals surface area (Å²) in [6, 6.07) is 3.96. The molecular weight excluding hydrogens is 290 g/mol. The molecular formula is C18H21N3O2. The van der Waals surface area contributed by atoms with Crippen molar-refractivity contribution in [2.75, 3.05) is 0 Å². The number of fused-ring (bicyclic) bond motifs is 1. The van der Waals surface area contributed by atoms with Crippen molar-refractivity contribution in [1.29, 1.82) is 0 Å². The predicted molar refractivity (Wildman–Crippen MR) is 85.6 cm³/mol. The van der Waals surface area contributed by atoms with Gasteiger partial charge in [0.25, 0.3) is 0 Å². The Bertz CT molecular complexity index is 787. The number of aryl methyl sites for hydroxylation is 1. The number of likely N-dealkylation sites (tertiary alicyclic amines) is 1. The average molecular weight is 311 g/mol. The van der Waals surface area contributed by atoms with Gasteiger partial charge in [-0.2, -0.15) is 0 Å². The molecule has 2 fully saturated rings. The first-order chi connectivity index (χ1) is 11.1. The summed E-state index contributed by atoms with van der Waals surface area (Å²) in [5.41, 5.74) is 2.35. The number of hydrogen-bond acceptors (Lipinski definition) is 3. The van der Waals surface area contributed by atoms with Crippen molar-refractivity contribution in [3.63, 3.8) is 0 Å². The normalized spacial score (nSPS) is 20.8. The third-order valence-electron chi connectivity index (χ3n) is 5.27. The Hall–Kier alpha value is -2.17. The van der Waals surface area contributed by atoms with Crippen LogP contribution in [0.15, 0.2) is 24.5 Å². The Morgan fingerprint density at radius 1 is 1.13 bits per heavy atom. The van der Waals surface area contributed by atoms with Crippen LogP contribution in [0.2, 0.25) is 0 Å². The quantitative estimate of drug-likeness (QED) is 0.801. The molecule has 2 aromatic rings. The molecule has 120 valence electrons. The van der Waals surface area contributed by atoms with Gasteiger partial charge in [0, 0.05) is 18.8 Å². The van der Waals surface area contributed by atoms with Gasteiger partial charge in [0.15, 0.2) is 0 Å². The lowest BCUT2D eigenvalue weighted by Crippen LogP contribution is -2.36. The standard InChI is InChI=1S/C18H21N3O2/c1-13-5-6-15-19-14(11-20(15)10-13)12-21-16(22)9-18(17(21)23)7-3-2-4-8-18/h5-6,10-11H,2-4,7-9,12H2,1H3. The van der Waals surface area contributed by atoms with E-state index >= 15 is 0 Å². The van der Waals surface area contributed by atoms with E-state index in [2.05, 4.69) is 4.98 Å². The molecule has 1 saturated heterocycles. The van der Waals surface area contributed by atoms with Crippen LogP contribution in [0.1, 0.15) is 49.8 Å². The fourth-order valence-electron chi connectivity index (χ4n) is 4.03. The van der Waals surface area contributed by atoms with Crippen LogP contribution in [0.25, 0.3) is 5.65 Å². The molecule has 1 aliphatic carbocycles. The summed E-state index contributed by atoms with van der Waals surface area (Å²) in [7, 11) is 0. The van der Waals surface area contributed by atoms with Crippen molar-refractivity contribution in [2.45, 2.75) is 52.0 Å². The number of hydrogen-bond donors (Lipinski definition) is 0. The number of rotatable bonds is 2. The maximum Gasteiger partial charge on any atom is 0.236 e. The Kier molecular flexibility index (Phi) is 3.25. The molecule has 0 atom stereocenters. The van der Waals surface area contributed by atoms with Crippen LogP contribution in [0.4, 0.5) is 0 Å². The van der Waals surface area contributed by atoms with E-state index in [1.807, 2.05) is 35.9 Å². The van der Waals surface area contributed by atoms with Crippen molar-refractivity contribution in [2.24, 2.45) is 5.41 Å². The van der Waals surface area contributed by atoms with E-state index in [4.69, 9.17) is 0 Å². The highest BCUT2D eigenvalue weighted by Crippen LogP contribution is 2.45. The molecule has 0 unspecified atom stereocenters. The summed E-state index contributed by atoms with van der Waals surface area (Å²) < 4.78 is 1.95.